The van der Waals surface area contributed by atoms with Crippen LogP contribution in [0, 0.1) is 0 Å². The summed E-state index contributed by atoms with van der Waals surface area (Å²) >= 11 is 0. The molecule has 0 spiro atoms. The van der Waals surface area contributed by atoms with E-state index < -0.39 is 0 Å². The Labute approximate surface area is 120 Å². The summed E-state index contributed by atoms with van der Waals surface area (Å²) in [6.07, 6.45) is 0. The highest BCUT2D eigenvalue weighted by Gasteiger charge is 2.11. The molecule has 5 nitrogen and oxygen atoms in total. The van der Waals surface area contributed by atoms with Crippen molar-refractivity contribution in [3.63, 3.8) is 0 Å². The third-order valence-corrected chi connectivity index (χ3v) is 2.69. The molecule has 0 heterocycles. The Morgan fingerprint density at radius 3 is 2.50 bits per heavy atom. The first-order chi connectivity index (χ1) is 9.35. The molecule has 0 aliphatic rings. The van der Waals surface area contributed by atoms with Gasteiger partial charge in [-0.15, -0.1) is 0 Å². The van der Waals surface area contributed by atoms with Gasteiger partial charge in [0.2, 0.25) is 0 Å². The van der Waals surface area contributed by atoms with E-state index in [9.17, 15) is 4.79 Å². The van der Waals surface area contributed by atoms with Crippen molar-refractivity contribution in [2.45, 2.75) is 32.9 Å². The van der Waals surface area contributed by atoms with Gasteiger partial charge in [-0.1, -0.05) is 6.07 Å². The third-order valence-electron chi connectivity index (χ3n) is 2.69. The second-order valence-electron chi connectivity index (χ2n) is 5.55. The minimum absolute atomic E-state index is 0.0248. The van der Waals surface area contributed by atoms with E-state index in [1.54, 1.807) is 14.2 Å². The van der Waals surface area contributed by atoms with Crippen molar-refractivity contribution in [3.05, 3.63) is 23.8 Å². The molecule has 20 heavy (non-hydrogen) atoms. The Hall–Kier alpha value is -1.75. The van der Waals surface area contributed by atoms with Gasteiger partial charge in [-0.05, 0) is 38.5 Å². The summed E-state index contributed by atoms with van der Waals surface area (Å²) in [5.74, 6) is 1.02. The SMILES string of the molecule is CNC(=O)COc1cc(CNC(C)(C)C)ccc1OC. The molecule has 0 saturated carbocycles. The molecule has 0 saturated heterocycles. The molecule has 0 bridgehead atoms. The molecule has 2 N–H and O–H groups in total. The average molecular weight is 280 g/mol. The molecule has 0 aromatic heterocycles. The van der Waals surface area contributed by atoms with Gasteiger partial charge < -0.3 is 20.1 Å². The van der Waals surface area contributed by atoms with Gasteiger partial charge in [0.05, 0.1) is 7.11 Å². The first kappa shape index (κ1) is 16.3. The summed E-state index contributed by atoms with van der Waals surface area (Å²) in [6.45, 7) is 7.03. The van der Waals surface area contributed by atoms with E-state index in [0.717, 1.165) is 12.1 Å². The molecule has 5 heteroatoms. The molecule has 0 fully saturated rings. The van der Waals surface area contributed by atoms with Crippen LogP contribution in [0.15, 0.2) is 18.2 Å². The van der Waals surface area contributed by atoms with E-state index in [1.165, 1.54) is 0 Å². The number of hydrogen-bond acceptors (Lipinski definition) is 4. The fraction of sp³-hybridized carbons (Fsp3) is 0.533. The van der Waals surface area contributed by atoms with Gasteiger partial charge in [0.15, 0.2) is 18.1 Å². The van der Waals surface area contributed by atoms with Gasteiger partial charge >= 0.3 is 0 Å². The lowest BCUT2D eigenvalue weighted by Gasteiger charge is -2.21. The quantitative estimate of drug-likeness (QED) is 0.833. The third kappa shape index (κ3) is 5.48. The highest BCUT2D eigenvalue weighted by Crippen LogP contribution is 2.28. The lowest BCUT2D eigenvalue weighted by atomic mass is 10.1. The van der Waals surface area contributed by atoms with Crippen LogP contribution in [0.5, 0.6) is 11.5 Å². The summed E-state index contributed by atoms with van der Waals surface area (Å²) < 4.78 is 10.7. The predicted molar refractivity (Wildman–Crippen MR) is 79.1 cm³/mol. The summed E-state index contributed by atoms with van der Waals surface area (Å²) in [7, 11) is 3.15. The lowest BCUT2D eigenvalue weighted by molar-refractivity contribution is -0.122. The van der Waals surface area contributed by atoms with Gasteiger partial charge in [-0.2, -0.15) is 0 Å². The fourth-order valence-corrected chi connectivity index (χ4v) is 1.53. The van der Waals surface area contributed by atoms with Crippen LogP contribution in [0.2, 0.25) is 0 Å². The molecule has 1 rings (SSSR count). The van der Waals surface area contributed by atoms with Crippen LogP contribution in [0.25, 0.3) is 0 Å². The number of amides is 1. The molecule has 1 aromatic carbocycles. The normalized spacial score (nSPS) is 11.1. The van der Waals surface area contributed by atoms with Crippen LogP contribution in [0.1, 0.15) is 26.3 Å². The topological polar surface area (TPSA) is 59.6 Å². The molecular weight excluding hydrogens is 256 g/mol. The Bertz CT molecular complexity index is 453. The molecule has 112 valence electrons. The lowest BCUT2D eigenvalue weighted by Crippen LogP contribution is -2.35. The molecular formula is C15H24N2O3. The fourth-order valence-electron chi connectivity index (χ4n) is 1.53. The van der Waals surface area contributed by atoms with Gasteiger partial charge in [0.1, 0.15) is 0 Å². The van der Waals surface area contributed by atoms with E-state index in [-0.39, 0.29) is 18.1 Å². The zero-order valence-electron chi connectivity index (χ0n) is 12.9. The number of ether oxygens (including phenoxy) is 2. The van der Waals surface area contributed by atoms with Crippen molar-refractivity contribution in [3.8, 4) is 11.5 Å². The van der Waals surface area contributed by atoms with Crippen LogP contribution < -0.4 is 20.1 Å². The number of hydrogen-bond donors (Lipinski definition) is 2. The minimum atomic E-state index is -0.176. The van der Waals surface area contributed by atoms with Crippen LogP contribution in [-0.4, -0.2) is 32.2 Å². The van der Waals surface area contributed by atoms with Crippen molar-refractivity contribution in [2.24, 2.45) is 0 Å². The monoisotopic (exact) mass is 280 g/mol. The van der Waals surface area contributed by atoms with Gasteiger partial charge in [-0.25, -0.2) is 0 Å². The predicted octanol–water partition coefficient (Wildman–Crippen LogP) is 1.71. The molecule has 0 unspecified atom stereocenters. The average Bonchev–Trinajstić information content (AvgIpc) is 2.41. The molecule has 1 aromatic rings. The number of methoxy groups -OCH3 is 1. The van der Waals surface area contributed by atoms with Crippen molar-refractivity contribution in [1.82, 2.24) is 10.6 Å². The maximum atomic E-state index is 11.2. The van der Waals surface area contributed by atoms with Crippen molar-refractivity contribution >= 4 is 5.91 Å². The van der Waals surface area contributed by atoms with E-state index >= 15 is 0 Å². The number of likely N-dealkylation sites (N-methyl/N-ethyl adjacent to an activating group) is 1. The van der Waals surface area contributed by atoms with E-state index in [0.29, 0.717) is 11.5 Å². The molecule has 0 atom stereocenters. The van der Waals surface area contributed by atoms with Crippen LogP contribution in [-0.2, 0) is 11.3 Å². The highest BCUT2D eigenvalue weighted by molar-refractivity contribution is 5.77. The second-order valence-corrected chi connectivity index (χ2v) is 5.55. The number of rotatable bonds is 6. The van der Waals surface area contributed by atoms with Gasteiger partial charge in [0, 0.05) is 19.1 Å². The number of carbonyl (C=O) groups is 1. The summed E-state index contributed by atoms with van der Waals surface area (Å²) in [4.78, 5) is 11.2. The Morgan fingerprint density at radius 2 is 1.95 bits per heavy atom. The van der Waals surface area contributed by atoms with Crippen LogP contribution in [0.3, 0.4) is 0 Å². The van der Waals surface area contributed by atoms with E-state index in [2.05, 4.69) is 31.4 Å². The van der Waals surface area contributed by atoms with E-state index in [1.807, 2.05) is 18.2 Å². The molecule has 0 radical (unpaired) electrons. The molecule has 0 aliphatic heterocycles. The Balaban J connectivity index is 2.77. The van der Waals surface area contributed by atoms with Crippen LogP contribution in [0.4, 0.5) is 0 Å². The summed E-state index contributed by atoms with van der Waals surface area (Å²) in [5.41, 5.74) is 1.12. The number of benzene rings is 1. The summed E-state index contributed by atoms with van der Waals surface area (Å²) in [5, 5.41) is 5.92. The maximum absolute atomic E-state index is 11.2. The van der Waals surface area contributed by atoms with Crippen molar-refractivity contribution in [2.75, 3.05) is 20.8 Å². The Morgan fingerprint density at radius 1 is 1.25 bits per heavy atom. The van der Waals surface area contributed by atoms with Gasteiger partial charge in [0.25, 0.3) is 5.91 Å². The zero-order chi connectivity index (χ0) is 15.2. The number of carbonyl (C=O) groups excluding carboxylic acids is 1. The first-order valence-corrected chi connectivity index (χ1v) is 6.61. The van der Waals surface area contributed by atoms with Gasteiger partial charge in [-0.3, -0.25) is 4.79 Å². The smallest absolute Gasteiger partial charge is 0.257 e. The van der Waals surface area contributed by atoms with Crippen molar-refractivity contribution in [1.29, 1.82) is 0 Å². The summed E-state index contributed by atoms with van der Waals surface area (Å²) in [6, 6.07) is 5.71. The molecule has 1 amide bonds. The largest absolute Gasteiger partial charge is 0.493 e. The van der Waals surface area contributed by atoms with Crippen LogP contribution >= 0.6 is 0 Å². The second kappa shape index (κ2) is 7.14. The number of nitrogens with one attached hydrogen (secondary N) is 2. The Kier molecular flexibility index (Phi) is 5.82. The van der Waals surface area contributed by atoms with Crippen molar-refractivity contribution < 1.29 is 14.3 Å². The maximum Gasteiger partial charge on any atom is 0.257 e. The highest BCUT2D eigenvalue weighted by atomic mass is 16.5. The standard InChI is InChI=1S/C15H24N2O3/c1-15(2,3)17-9-11-6-7-12(19-5)13(8-11)20-10-14(18)16-4/h6-8,17H,9-10H2,1-5H3,(H,16,18). The zero-order valence-corrected chi connectivity index (χ0v) is 12.9. The minimum Gasteiger partial charge on any atom is -0.493 e. The van der Waals surface area contributed by atoms with E-state index in [4.69, 9.17) is 9.47 Å². The molecule has 0 aliphatic carbocycles. The first-order valence-electron chi connectivity index (χ1n) is 6.61.